The van der Waals surface area contributed by atoms with Crippen molar-refractivity contribution in [2.75, 3.05) is 32.1 Å². The minimum Gasteiger partial charge on any atom is -0.355 e. The number of nitriles is 1. The van der Waals surface area contributed by atoms with Gasteiger partial charge in [0, 0.05) is 25.3 Å². The minimum atomic E-state index is 0.475. The van der Waals surface area contributed by atoms with Crippen molar-refractivity contribution < 1.29 is 0 Å². The summed E-state index contributed by atoms with van der Waals surface area (Å²) in [4.78, 5) is 8.74. The molecule has 0 aromatic carbocycles. The first kappa shape index (κ1) is 13.1. The molecule has 0 unspecified atom stereocenters. The Bertz CT molecular complexity index is 459. The second-order valence-electron chi connectivity index (χ2n) is 4.79. The summed E-state index contributed by atoms with van der Waals surface area (Å²) in [5.41, 5.74) is 0.497. The van der Waals surface area contributed by atoms with Crippen molar-refractivity contribution in [3.05, 3.63) is 22.8 Å². The maximum atomic E-state index is 8.97. The van der Waals surface area contributed by atoms with Gasteiger partial charge in [-0.05, 0) is 33.0 Å². The van der Waals surface area contributed by atoms with E-state index in [0.29, 0.717) is 16.6 Å². The van der Waals surface area contributed by atoms with Crippen molar-refractivity contribution in [2.45, 2.75) is 18.9 Å². The Kier molecular flexibility index (Phi) is 4.05. The Morgan fingerprint density at radius 2 is 2.11 bits per heavy atom. The van der Waals surface area contributed by atoms with Gasteiger partial charge < -0.3 is 9.80 Å². The average Bonchev–Trinajstić information content (AvgIpc) is 2.39. The summed E-state index contributed by atoms with van der Waals surface area (Å²) in [6.07, 6.45) is 3.85. The lowest BCUT2D eigenvalue weighted by Crippen LogP contribution is -2.42. The highest BCUT2D eigenvalue weighted by atomic mass is 35.5. The highest BCUT2D eigenvalue weighted by molar-refractivity contribution is 6.34. The fourth-order valence-electron chi connectivity index (χ4n) is 2.33. The van der Waals surface area contributed by atoms with Crippen LogP contribution >= 0.6 is 11.6 Å². The summed E-state index contributed by atoms with van der Waals surface area (Å²) in [5, 5.41) is 9.44. The fourth-order valence-corrected chi connectivity index (χ4v) is 2.61. The molecule has 1 fully saturated rings. The normalized spacial score (nSPS) is 16.9. The van der Waals surface area contributed by atoms with Gasteiger partial charge in [-0.2, -0.15) is 5.26 Å². The predicted octanol–water partition coefficient (Wildman–Crippen LogP) is 2.14. The zero-order chi connectivity index (χ0) is 13.1. The summed E-state index contributed by atoms with van der Waals surface area (Å²) >= 11 is 6.20. The topological polar surface area (TPSA) is 43.2 Å². The zero-order valence-electron chi connectivity index (χ0n) is 10.7. The predicted molar refractivity (Wildman–Crippen MR) is 72.9 cm³/mol. The summed E-state index contributed by atoms with van der Waals surface area (Å²) < 4.78 is 0. The third-order valence-electron chi connectivity index (χ3n) is 3.49. The van der Waals surface area contributed by atoms with Gasteiger partial charge in [0.05, 0.1) is 5.56 Å². The van der Waals surface area contributed by atoms with Crippen molar-refractivity contribution >= 4 is 17.4 Å². The third-order valence-corrected chi connectivity index (χ3v) is 3.86. The quantitative estimate of drug-likeness (QED) is 0.821. The molecule has 5 heteroatoms. The number of halogens is 1. The number of nitrogens with zero attached hydrogens (tertiary/aromatic N) is 4. The van der Waals surface area contributed by atoms with Crippen LogP contribution in [0.15, 0.2) is 12.3 Å². The molecule has 0 bridgehead atoms. The Morgan fingerprint density at radius 1 is 1.44 bits per heavy atom. The van der Waals surface area contributed by atoms with Crippen LogP contribution in [-0.2, 0) is 0 Å². The lowest BCUT2D eigenvalue weighted by atomic mass is 10.0. The smallest absolute Gasteiger partial charge is 0.148 e. The van der Waals surface area contributed by atoms with Crippen molar-refractivity contribution in [3.63, 3.8) is 0 Å². The van der Waals surface area contributed by atoms with Crippen LogP contribution in [0.4, 0.5) is 5.82 Å². The summed E-state index contributed by atoms with van der Waals surface area (Å²) in [5.74, 6) is 0.743. The molecule has 4 nitrogen and oxygen atoms in total. The first-order valence-electron chi connectivity index (χ1n) is 6.09. The molecule has 2 heterocycles. The lowest BCUT2D eigenvalue weighted by molar-refractivity contribution is 0.249. The first-order chi connectivity index (χ1) is 8.63. The molecule has 1 aromatic rings. The monoisotopic (exact) mass is 264 g/mol. The SMILES string of the molecule is CN(C)C1CCN(c2nccc(C#N)c2Cl)CC1. The van der Waals surface area contributed by atoms with Crippen LogP contribution in [0.3, 0.4) is 0 Å². The van der Waals surface area contributed by atoms with Crippen LogP contribution in [0.2, 0.25) is 5.02 Å². The number of piperidine rings is 1. The Labute approximate surface area is 113 Å². The van der Waals surface area contributed by atoms with E-state index in [2.05, 4.69) is 34.9 Å². The molecule has 18 heavy (non-hydrogen) atoms. The van der Waals surface area contributed by atoms with Crippen LogP contribution in [0.1, 0.15) is 18.4 Å². The van der Waals surface area contributed by atoms with Crippen LogP contribution in [0.25, 0.3) is 0 Å². The number of rotatable bonds is 2. The Balaban J connectivity index is 2.13. The van der Waals surface area contributed by atoms with E-state index in [1.807, 2.05) is 0 Å². The second kappa shape index (κ2) is 5.55. The first-order valence-corrected chi connectivity index (χ1v) is 6.47. The van der Waals surface area contributed by atoms with E-state index >= 15 is 0 Å². The molecule has 0 aliphatic carbocycles. The number of hydrogen-bond acceptors (Lipinski definition) is 4. The standard InChI is InChI=1S/C13H17ClN4/c1-17(2)11-4-7-18(8-5-11)13-12(14)10(9-15)3-6-16-13/h3,6,11H,4-5,7-8H2,1-2H3. The number of aromatic nitrogens is 1. The van der Waals surface area contributed by atoms with Gasteiger partial charge in [0.15, 0.2) is 0 Å². The molecule has 1 aromatic heterocycles. The molecule has 0 radical (unpaired) electrons. The molecule has 0 N–H and O–H groups in total. The van der Waals surface area contributed by atoms with Crippen LogP contribution in [0.5, 0.6) is 0 Å². The molecule has 1 saturated heterocycles. The second-order valence-corrected chi connectivity index (χ2v) is 5.17. The van der Waals surface area contributed by atoms with E-state index < -0.39 is 0 Å². The average molecular weight is 265 g/mol. The van der Waals surface area contributed by atoms with E-state index in [9.17, 15) is 0 Å². The summed E-state index contributed by atoms with van der Waals surface area (Å²) in [7, 11) is 4.23. The number of hydrogen-bond donors (Lipinski definition) is 0. The van der Waals surface area contributed by atoms with Crippen molar-refractivity contribution in [1.29, 1.82) is 5.26 Å². The van der Waals surface area contributed by atoms with Gasteiger partial charge >= 0.3 is 0 Å². The molecule has 0 saturated carbocycles. The highest BCUT2D eigenvalue weighted by Gasteiger charge is 2.23. The van der Waals surface area contributed by atoms with E-state index in [4.69, 9.17) is 16.9 Å². The van der Waals surface area contributed by atoms with Crippen LogP contribution < -0.4 is 4.90 Å². The minimum absolute atomic E-state index is 0.475. The van der Waals surface area contributed by atoms with Crippen molar-refractivity contribution in [1.82, 2.24) is 9.88 Å². The fraction of sp³-hybridized carbons (Fsp3) is 0.538. The van der Waals surface area contributed by atoms with Gasteiger partial charge in [-0.25, -0.2) is 4.98 Å². The molecule has 0 atom stereocenters. The third kappa shape index (κ3) is 2.58. The van der Waals surface area contributed by atoms with Gasteiger partial charge in [0.1, 0.15) is 16.9 Å². The van der Waals surface area contributed by atoms with Gasteiger partial charge in [0.2, 0.25) is 0 Å². The molecular weight excluding hydrogens is 248 g/mol. The maximum Gasteiger partial charge on any atom is 0.148 e. The summed E-state index contributed by atoms with van der Waals surface area (Å²) in [6, 6.07) is 4.37. The molecule has 0 amide bonds. The van der Waals surface area contributed by atoms with Gasteiger partial charge in [-0.3, -0.25) is 0 Å². The van der Waals surface area contributed by atoms with E-state index in [0.717, 1.165) is 31.7 Å². The van der Waals surface area contributed by atoms with E-state index in [1.54, 1.807) is 12.3 Å². The van der Waals surface area contributed by atoms with Gasteiger partial charge in [-0.15, -0.1) is 0 Å². The van der Waals surface area contributed by atoms with E-state index in [-0.39, 0.29) is 0 Å². The Morgan fingerprint density at radius 3 is 2.67 bits per heavy atom. The molecule has 0 spiro atoms. The zero-order valence-corrected chi connectivity index (χ0v) is 11.5. The van der Waals surface area contributed by atoms with Crippen LogP contribution in [0, 0.1) is 11.3 Å². The molecule has 1 aliphatic heterocycles. The van der Waals surface area contributed by atoms with Crippen molar-refractivity contribution in [3.8, 4) is 6.07 Å². The molecule has 2 rings (SSSR count). The van der Waals surface area contributed by atoms with Gasteiger partial charge in [-0.1, -0.05) is 11.6 Å². The van der Waals surface area contributed by atoms with Crippen molar-refractivity contribution in [2.24, 2.45) is 0 Å². The van der Waals surface area contributed by atoms with E-state index in [1.165, 1.54) is 0 Å². The maximum absolute atomic E-state index is 8.97. The largest absolute Gasteiger partial charge is 0.355 e. The van der Waals surface area contributed by atoms with Gasteiger partial charge in [0.25, 0.3) is 0 Å². The Hall–Kier alpha value is -1.31. The summed E-state index contributed by atoms with van der Waals surface area (Å²) in [6.45, 7) is 1.87. The molecular formula is C13H17ClN4. The number of pyridine rings is 1. The highest BCUT2D eigenvalue weighted by Crippen LogP contribution is 2.29. The lowest BCUT2D eigenvalue weighted by Gasteiger charge is -2.36. The molecule has 1 aliphatic rings. The number of anilines is 1. The molecule has 96 valence electrons. The van der Waals surface area contributed by atoms with Crippen LogP contribution in [-0.4, -0.2) is 43.1 Å².